The first-order valence-electron chi connectivity index (χ1n) is 9.11. The van der Waals surface area contributed by atoms with Gasteiger partial charge in [-0.25, -0.2) is 0 Å². The second-order valence-corrected chi connectivity index (χ2v) is 8.33. The molecule has 4 bridgehead atoms. The van der Waals surface area contributed by atoms with Crippen molar-refractivity contribution >= 4 is 17.3 Å². The number of rotatable bonds is 1. The lowest BCUT2D eigenvalue weighted by Gasteiger charge is -2.44. The average Bonchev–Trinajstić information content (AvgIpc) is 3.18. The molecule has 0 unspecified atom stereocenters. The molecule has 4 aliphatic rings. The van der Waals surface area contributed by atoms with E-state index < -0.39 is 0 Å². The first kappa shape index (κ1) is 14.7. The molecule has 2 aliphatic heterocycles. The number of aromatic nitrogens is 1. The van der Waals surface area contributed by atoms with Crippen molar-refractivity contribution in [2.45, 2.75) is 37.8 Å². The van der Waals surface area contributed by atoms with Crippen LogP contribution >= 0.6 is 12.2 Å². The Kier molecular flexibility index (Phi) is 3.34. The summed E-state index contributed by atoms with van der Waals surface area (Å²) in [5, 5.41) is 4.56. The summed E-state index contributed by atoms with van der Waals surface area (Å²) in [7, 11) is 0. The molecule has 5 heteroatoms. The standard InChI is InChI=1S/C19H23N3OS/c23-18-3-1-2-17-15-7-13(10-22(17)18)9-21(11-15)19(24)20-16-8-12-4-5-14(16)6-12/h1-5,12-16H,6-11H2,(H,20,24)/t12-,13-,14-,15-,16+/m0/s1. The number of piperidine rings is 1. The van der Waals surface area contributed by atoms with Crippen molar-refractivity contribution in [2.75, 3.05) is 13.1 Å². The third-order valence-electron chi connectivity index (χ3n) is 6.35. The van der Waals surface area contributed by atoms with E-state index in [0.717, 1.165) is 30.7 Å². The number of pyridine rings is 1. The second kappa shape index (κ2) is 5.45. The van der Waals surface area contributed by atoms with Crippen LogP contribution in [0.3, 0.4) is 0 Å². The van der Waals surface area contributed by atoms with Gasteiger partial charge in [0.2, 0.25) is 0 Å². The summed E-state index contributed by atoms with van der Waals surface area (Å²) in [6.07, 6.45) is 8.43. The summed E-state index contributed by atoms with van der Waals surface area (Å²) in [5.74, 6) is 2.37. The molecule has 2 fully saturated rings. The molecule has 5 rings (SSSR count). The fraction of sp³-hybridized carbons (Fsp3) is 0.579. The zero-order valence-electron chi connectivity index (χ0n) is 13.7. The van der Waals surface area contributed by atoms with Crippen LogP contribution in [0.5, 0.6) is 0 Å². The molecule has 1 aromatic heterocycles. The molecule has 24 heavy (non-hydrogen) atoms. The van der Waals surface area contributed by atoms with Crippen LogP contribution < -0.4 is 10.9 Å². The third-order valence-corrected chi connectivity index (χ3v) is 6.73. The smallest absolute Gasteiger partial charge is 0.250 e. The van der Waals surface area contributed by atoms with Gasteiger partial charge in [0, 0.05) is 43.4 Å². The summed E-state index contributed by atoms with van der Waals surface area (Å²) in [6.45, 7) is 2.74. The molecule has 1 saturated carbocycles. The van der Waals surface area contributed by atoms with E-state index in [1.807, 2.05) is 10.6 Å². The van der Waals surface area contributed by atoms with Crippen LogP contribution in [-0.2, 0) is 6.54 Å². The van der Waals surface area contributed by atoms with Crippen LogP contribution in [0.4, 0.5) is 0 Å². The maximum Gasteiger partial charge on any atom is 0.250 e. The van der Waals surface area contributed by atoms with E-state index in [-0.39, 0.29) is 5.56 Å². The van der Waals surface area contributed by atoms with E-state index in [1.165, 1.54) is 25.0 Å². The van der Waals surface area contributed by atoms with Crippen molar-refractivity contribution in [1.29, 1.82) is 0 Å². The van der Waals surface area contributed by atoms with Crippen LogP contribution in [-0.4, -0.2) is 33.7 Å². The zero-order chi connectivity index (χ0) is 16.3. The Hall–Kier alpha value is -1.62. The Bertz CT molecular complexity index is 770. The summed E-state index contributed by atoms with van der Waals surface area (Å²) >= 11 is 5.75. The highest BCUT2D eigenvalue weighted by atomic mass is 32.1. The van der Waals surface area contributed by atoms with E-state index >= 15 is 0 Å². The Labute approximate surface area is 147 Å². The van der Waals surface area contributed by atoms with Crippen molar-refractivity contribution in [3.63, 3.8) is 0 Å². The van der Waals surface area contributed by atoms with Crippen LogP contribution in [0.15, 0.2) is 35.1 Å². The van der Waals surface area contributed by atoms with E-state index in [1.54, 1.807) is 6.07 Å². The number of nitrogens with one attached hydrogen (secondary N) is 1. The summed E-state index contributed by atoms with van der Waals surface area (Å²) in [6, 6.07) is 6.20. The molecular weight excluding hydrogens is 318 g/mol. The van der Waals surface area contributed by atoms with E-state index in [0.29, 0.717) is 23.8 Å². The predicted octanol–water partition coefficient (Wildman–Crippen LogP) is 2.11. The van der Waals surface area contributed by atoms with Gasteiger partial charge < -0.3 is 14.8 Å². The monoisotopic (exact) mass is 341 g/mol. The third kappa shape index (κ3) is 2.32. The number of nitrogens with zero attached hydrogens (tertiary/aromatic N) is 2. The van der Waals surface area contributed by atoms with Gasteiger partial charge in [-0.15, -0.1) is 0 Å². The van der Waals surface area contributed by atoms with E-state index in [2.05, 4.69) is 28.4 Å². The largest absolute Gasteiger partial charge is 0.359 e. The number of allylic oxidation sites excluding steroid dienone is 1. The quantitative estimate of drug-likeness (QED) is 0.627. The van der Waals surface area contributed by atoms with Crippen LogP contribution in [0.25, 0.3) is 0 Å². The number of hydrogen-bond donors (Lipinski definition) is 1. The van der Waals surface area contributed by atoms with Gasteiger partial charge in [-0.3, -0.25) is 4.79 Å². The predicted molar refractivity (Wildman–Crippen MR) is 98.0 cm³/mol. The van der Waals surface area contributed by atoms with Gasteiger partial charge in [-0.1, -0.05) is 18.2 Å². The lowest BCUT2D eigenvalue weighted by molar-refractivity contribution is 0.176. The first-order chi connectivity index (χ1) is 11.7. The molecule has 1 saturated heterocycles. The van der Waals surface area contributed by atoms with E-state index in [9.17, 15) is 4.79 Å². The van der Waals surface area contributed by atoms with Gasteiger partial charge in [0.25, 0.3) is 5.56 Å². The Morgan fingerprint density at radius 3 is 2.83 bits per heavy atom. The maximum atomic E-state index is 12.1. The average molecular weight is 341 g/mol. The van der Waals surface area contributed by atoms with Crippen molar-refractivity contribution in [2.24, 2.45) is 17.8 Å². The van der Waals surface area contributed by atoms with Crippen molar-refractivity contribution in [3.05, 3.63) is 46.4 Å². The van der Waals surface area contributed by atoms with Crippen LogP contribution in [0.2, 0.25) is 0 Å². The maximum absolute atomic E-state index is 12.1. The molecule has 1 aromatic rings. The second-order valence-electron chi connectivity index (χ2n) is 7.94. The molecule has 2 aliphatic carbocycles. The molecule has 3 heterocycles. The Balaban J connectivity index is 1.32. The number of likely N-dealkylation sites (tertiary alicyclic amines) is 1. The minimum atomic E-state index is 0.144. The normalized spacial score (nSPS) is 35.8. The number of thiocarbonyl (C=S) groups is 1. The Morgan fingerprint density at radius 2 is 2.04 bits per heavy atom. The summed E-state index contributed by atoms with van der Waals surface area (Å²) < 4.78 is 1.98. The number of hydrogen-bond acceptors (Lipinski definition) is 2. The topological polar surface area (TPSA) is 37.3 Å². The van der Waals surface area contributed by atoms with Gasteiger partial charge in [0.05, 0.1) is 0 Å². The van der Waals surface area contributed by atoms with Crippen molar-refractivity contribution in [3.8, 4) is 0 Å². The van der Waals surface area contributed by atoms with Gasteiger partial charge in [-0.2, -0.15) is 0 Å². The van der Waals surface area contributed by atoms with Crippen LogP contribution in [0.1, 0.15) is 30.9 Å². The van der Waals surface area contributed by atoms with Gasteiger partial charge in [-0.05, 0) is 55.3 Å². The van der Waals surface area contributed by atoms with Gasteiger partial charge >= 0.3 is 0 Å². The molecule has 0 spiro atoms. The highest BCUT2D eigenvalue weighted by Gasteiger charge is 2.38. The molecule has 4 nitrogen and oxygen atoms in total. The van der Waals surface area contributed by atoms with Crippen molar-refractivity contribution < 1.29 is 0 Å². The van der Waals surface area contributed by atoms with Gasteiger partial charge in [0.15, 0.2) is 5.11 Å². The minimum Gasteiger partial charge on any atom is -0.359 e. The molecule has 0 radical (unpaired) electrons. The number of fused-ring (bicyclic) bond motifs is 6. The SMILES string of the molecule is O=c1cccc2n1C[C@H]1C[C@H]2CN(C(=S)N[C@@H]2C[C@H]3C=C[C@H]2C3)C1. The summed E-state index contributed by atoms with van der Waals surface area (Å²) in [4.78, 5) is 14.5. The van der Waals surface area contributed by atoms with Gasteiger partial charge in [0.1, 0.15) is 0 Å². The fourth-order valence-corrected chi connectivity index (χ4v) is 5.56. The lowest BCUT2D eigenvalue weighted by Crippen LogP contribution is -2.53. The molecule has 0 aromatic carbocycles. The molecule has 126 valence electrons. The van der Waals surface area contributed by atoms with E-state index in [4.69, 9.17) is 12.2 Å². The zero-order valence-corrected chi connectivity index (χ0v) is 14.5. The molecule has 5 atom stereocenters. The molecule has 1 N–H and O–H groups in total. The lowest BCUT2D eigenvalue weighted by atomic mass is 9.83. The molecule has 0 amide bonds. The van der Waals surface area contributed by atoms with Crippen molar-refractivity contribution in [1.82, 2.24) is 14.8 Å². The first-order valence-corrected chi connectivity index (χ1v) is 9.51. The highest BCUT2D eigenvalue weighted by Crippen LogP contribution is 2.39. The molecular formula is C19H23N3OS. The summed E-state index contributed by atoms with van der Waals surface area (Å²) in [5.41, 5.74) is 1.33. The highest BCUT2D eigenvalue weighted by molar-refractivity contribution is 7.80. The Morgan fingerprint density at radius 1 is 1.12 bits per heavy atom. The minimum absolute atomic E-state index is 0.144. The fourth-order valence-electron chi connectivity index (χ4n) is 5.26. The van der Waals surface area contributed by atoms with Crippen LogP contribution in [0, 0.1) is 17.8 Å².